The fraction of sp³-hybridized carbons (Fsp3) is 0.458. The Morgan fingerprint density at radius 3 is 2.62 bits per heavy atom. The van der Waals surface area contributed by atoms with Gasteiger partial charge in [-0.2, -0.15) is 0 Å². The molecule has 2 amide bonds. The summed E-state index contributed by atoms with van der Waals surface area (Å²) < 4.78 is 5.74. The number of para-hydroxylation sites is 1. The van der Waals surface area contributed by atoms with E-state index in [2.05, 4.69) is 51.9 Å². The van der Waals surface area contributed by atoms with E-state index in [1.54, 1.807) is 0 Å². The molecule has 2 heterocycles. The number of urea groups is 1. The van der Waals surface area contributed by atoms with Crippen molar-refractivity contribution in [3.05, 3.63) is 65.7 Å². The number of hydrogen-bond donors (Lipinski definition) is 2. The van der Waals surface area contributed by atoms with Gasteiger partial charge in [0.1, 0.15) is 12.4 Å². The Kier molecular flexibility index (Phi) is 6.67. The number of likely N-dealkylation sites (tertiary alicyclic amines) is 1. The van der Waals surface area contributed by atoms with E-state index in [-0.39, 0.29) is 12.1 Å². The quantitative estimate of drug-likeness (QED) is 0.792. The summed E-state index contributed by atoms with van der Waals surface area (Å²) in [6, 6.07) is 18.7. The number of piperidine rings is 1. The van der Waals surface area contributed by atoms with E-state index in [1.807, 2.05) is 18.2 Å². The second kappa shape index (κ2) is 9.79. The second-order valence-corrected chi connectivity index (χ2v) is 8.19. The number of hydrogen-bond acceptors (Lipinski definition) is 3. The van der Waals surface area contributed by atoms with Gasteiger partial charge in [-0.15, -0.1) is 0 Å². The first-order valence-corrected chi connectivity index (χ1v) is 10.8. The molecule has 0 radical (unpaired) electrons. The van der Waals surface area contributed by atoms with E-state index >= 15 is 0 Å². The van der Waals surface area contributed by atoms with Crippen molar-refractivity contribution in [3.63, 3.8) is 0 Å². The van der Waals surface area contributed by atoms with Crippen LogP contribution >= 0.6 is 0 Å². The molecule has 4 rings (SSSR count). The lowest BCUT2D eigenvalue weighted by atomic mass is 9.90. The van der Waals surface area contributed by atoms with Crippen LogP contribution in [0.3, 0.4) is 0 Å². The van der Waals surface area contributed by atoms with Crippen molar-refractivity contribution in [2.24, 2.45) is 5.92 Å². The topological polar surface area (TPSA) is 53.6 Å². The van der Waals surface area contributed by atoms with Crippen molar-refractivity contribution < 1.29 is 9.53 Å². The van der Waals surface area contributed by atoms with Crippen molar-refractivity contribution in [1.29, 1.82) is 0 Å². The van der Waals surface area contributed by atoms with Gasteiger partial charge in [0, 0.05) is 13.1 Å². The Labute approximate surface area is 173 Å². The number of ether oxygens (including phenoxy) is 1. The zero-order valence-electron chi connectivity index (χ0n) is 17.0. The number of amides is 2. The molecule has 0 bridgehead atoms. The van der Waals surface area contributed by atoms with E-state index in [9.17, 15) is 4.79 Å². The van der Waals surface area contributed by atoms with Gasteiger partial charge < -0.3 is 20.3 Å². The minimum absolute atomic E-state index is 0.0265. The molecule has 5 heteroatoms. The third-order valence-corrected chi connectivity index (χ3v) is 6.00. The molecule has 29 heavy (non-hydrogen) atoms. The number of rotatable bonds is 6. The fourth-order valence-corrected chi connectivity index (χ4v) is 4.35. The predicted octanol–water partition coefficient (Wildman–Crippen LogP) is 3.24. The number of nitrogens with zero attached hydrogens (tertiary/aromatic N) is 1. The molecule has 5 nitrogen and oxygen atoms in total. The Bertz CT molecular complexity index is 788. The van der Waals surface area contributed by atoms with Crippen LogP contribution in [-0.4, -0.2) is 49.8 Å². The SMILES string of the molecule is O=C(NCCN1CCC(Cc2ccccc2)CC1)NC1COc2ccccc2C1. The first kappa shape index (κ1) is 19.8. The van der Waals surface area contributed by atoms with Gasteiger partial charge in [0.05, 0.1) is 6.04 Å². The molecule has 2 N–H and O–H groups in total. The Hall–Kier alpha value is -2.53. The molecule has 2 aromatic rings. The highest BCUT2D eigenvalue weighted by molar-refractivity contribution is 5.74. The molecular formula is C24H31N3O2. The molecule has 2 aromatic carbocycles. The van der Waals surface area contributed by atoms with Crippen LogP contribution in [0.5, 0.6) is 5.75 Å². The maximum Gasteiger partial charge on any atom is 0.315 e. The van der Waals surface area contributed by atoms with Gasteiger partial charge in [-0.05, 0) is 61.9 Å². The number of fused-ring (bicyclic) bond motifs is 1. The van der Waals surface area contributed by atoms with Crippen molar-refractivity contribution >= 4 is 6.03 Å². The molecule has 0 saturated carbocycles. The molecule has 1 fully saturated rings. The van der Waals surface area contributed by atoms with Crippen LogP contribution in [-0.2, 0) is 12.8 Å². The Morgan fingerprint density at radius 1 is 1.03 bits per heavy atom. The van der Waals surface area contributed by atoms with E-state index in [0.717, 1.165) is 43.3 Å². The van der Waals surface area contributed by atoms with Crippen molar-refractivity contribution in [3.8, 4) is 5.75 Å². The van der Waals surface area contributed by atoms with E-state index in [1.165, 1.54) is 24.8 Å². The molecule has 0 aliphatic carbocycles. The van der Waals surface area contributed by atoms with E-state index in [4.69, 9.17) is 4.74 Å². The van der Waals surface area contributed by atoms with Crippen LogP contribution in [0.4, 0.5) is 4.79 Å². The van der Waals surface area contributed by atoms with Crippen molar-refractivity contribution in [1.82, 2.24) is 15.5 Å². The van der Waals surface area contributed by atoms with E-state index < -0.39 is 0 Å². The first-order valence-electron chi connectivity index (χ1n) is 10.8. The molecule has 2 aliphatic heterocycles. The maximum absolute atomic E-state index is 12.2. The highest BCUT2D eigenvalue weighted by atomic mass is 16.5. The highest BCUT2D eigenvalue weighted by Crippen LogP contribution is 2.24. The minimum atomic E-state index is -0.100. The van der Waals surface area contributed by atoms with Crippen molar-refractivity contribution in [2.75, 3.05) is 32.8 Å². The summed E-state index contributed by atoms with van der Waals surface area (Å²) >= 11 is 0. The molecule has 1 unspecified atom stereocenters. The van der Waals surface area contributed by atoms with Gasteiger partial charge in [0.15, 0.2) is 0 Å². The lowest BCUT2D eigenvalue weighted by molar-refractivity contribution is 0.182. The number of carbonyl (C=O) groups excluding carboxylic acids is 1. The number of nitrogens with one attached hydrogen (secondary N) is 2. The largest absolute Gasteiger partial charge is 0.491 e. The zero-order chi connectivity index (χ0) is 19.9. The fourth-order valence-electron chi connectivity index (χ4n) is 4.35. The van der Waals surface area contributed by atoms with Crippen LogP contribution in [0.15, 0.2) is 54.6 Å². The molecule has 1 atom stereocenters. The predicted molar refractivity (Wildman–Crippen MR) is 115 cm³/mol. The van der Waals surface area contributed by atoms with Crippen LogP contribution in [0.1, 0.15) is 24.0 Å². The summed E-state index contributed by atoms with van der Waals surface area (Å²) in [6.45, 7) is 4.36. The monoisotopic (exact) mass is 393 g/mol. The standard InChI is InChI=1S/C24H31N3O2/c28-24(26-22-17-21-8-4-5-9-23(21)29-18-22)25-12-15-27-13-10-20(11-14-27)16-19-6-2-1-3-7-19/h1-9,20,22H,10-18H2,(H2,25,26,28). The van der Waals surface area contributed by atoms with Gasteiger partial charge in [-0.1, -0.05) is 48.5 Å². The van der Waals surface area contributed by atoms with Gasteiger partial charge in [0.25, 0.3) is 0 Å². The summed E-state index contributed by atoms with van der Waals surface area (Å²) in [5.74, 6) is 1.71. The number of benzene rings is 2. The second-order valence-electron chi connectivity index (χ2n) is 8.19. The summed E-state index contributed by atoms with van der Waals surface area (Å²) in [5.41, 5.74) is 2.60. The molecule has 0 spiro atoms. The Morgan fingerprint density at radius 2 is 1.79 bits per heavy atom. The van der Waals surface area contributed by atoms with Crippen LogP contribution in [0, 0.1) is 5.92 Å². The van der Waals surface area contributed by atoms with Gasteiger partial charge >= 0.3 is 6.03 Å². The molecule has 154 valence electrons. The van der Waals surface area contributed by atoms with E-state index in [0.29, 0.717) is 13.2 Å². The highest BCUT2D eigenvalue weighted by Gasteiger charge is 2.22. The first-order chi connectivity index (χ1) is 14.3. The molecule has 1 saturated heterocycles. The summed E-state index contributed by atoms with van der Waals surface area (Å²) in [4.78, 5) is 14.7. The van der Waals surface area contributed by atoms with Crippen LogP contribution < -0.4 is 15.4 Å². The smallest absolute Gasteiger partial charge is 0.315 e. The normalized spacial score (nSPS) is 19.8. The van der Waals surface area contributed by atoms with Crippen molar-refractivity contribution in [2.45, 2.75) is 31.7 Å². The Balaban J connectivity index is 1.11. The van der Waals surface area contributed by atoms with Gasteiger partial charge in [0.2, 0.25) is 0 Å². The third-order valence-electron chi connectivity index (χ3n) is 6.00. The lowest BCUT2D eigenvalue weighted by Gasteiger charge is -2.32. The summed E-state index contributed by atoms with van der Waals surface area (Å²) in [6.07, 6.45) is 4.47. The minimum Gasteiger partial charge on any atom is -0.491 e. The van der Waals surface area contributed by atoms with Gasteiger partial charge in [-0.25, -0.2) is 4.79 Å². The molecule has 0 aromatic heterocycles. The average molecular weight is 394 g/mol. The average Bonchev–Trinajstić information content (AvgIpc) is 2.76. The lowest BCUT2D eigenvalue weighted by Crippen LogP contribution is -2.49. The zero-order valence-corrected chi connectivity index (χ0v) is 17.0. The number of carbonyl (C=O) groups is 1. The van der Waals surface area contributed by atoms with Crippen LogP contribution in [0.25, 0.3) is 0 Å². The summed E-state index contributed by atoms with van der Waals surface area (Å²) in [7, 11) is 0. The van der Waals surface area contributed by atoms with Gasteiger partial charge in [-0.3, -0.25) is 0 Å². The van der Waals surface area contributed by atoms with Crippen LogP contribution in [0.2, 0.25) is 0 Å². The third kappa shape index (κ3) is 5.73. The maximum atomic E-state index is 12.2. The molecular weight excluding hydrogens is 362 g/mol. The molecule has 2 aliphatic rings. The summed E-state index contributed by atoms with van der Waals surface area (Å²) in [5, 5.41) is 6.04.